The summed E-state index contributed by atoms with van der Waals surface area (Å²) in [5.41, 5.74) is 1.56. The minimum Gasteiger partial charge on any atom is -0.495 e. The molecule has 1 fully saturated rings. The number of amides is 2. The Morgan fingerprint density at radius 2 is 1.87 bits per heavy atom. The number of aryl methyl sites for hydroxylation is 1. The van der Waals surface area contributed by atoms with Gasteiger partial charge in [-0.25, -0.2) is 0 Å². The maximum Gasteiger partial charge on any atom is 0.313 e. The number of benzene rings is 1. The summed E-state index contributed by atoms with van der Waals surface area (Å²) in [4.78, 5) is 27.2. The zero-order valence-electron chi connectivity index (χ0n) is 17.5. The molecule has 0 saturated carbocycles. The number of methoxy groups -OCH3 is 1. The van der Waals surface area contributed by atoms with Crippen molar-refractivity contribution in [3.05, 3.63) is 47.2 Å². The molecule has 3 rings (SSSR count). The number of carbonyl (C=O) groups is 2. The lowest BCUT2D eigenvalue weighted by Gasteiger charge is -2.31. The molecule has 8 heteroatoms. The fourth-order valence-corrected chi connectivity index (χ4v) is 4.11. The van der Waals surface area contributed by atoms with Crippen LogP contribution in [0.1, 0.15) is 37.4 Å². The Kier molecular flexibility index (Phi) is 7.76. The second kappa shape index (κ2) is 10.5. The van der Waals surface area contributed by atoms with Gasteiger partial charge in [-0.2, -0.15) is 0 Å². The van der Waals surface area contributed by atoms with Gasteiger partial charge < -0.3 is 19.9 Å². The summed E-state index contributed by atoms with van der Waals surface area (Å²) < 4.78 is 7.17. The van der Waals surface area contributed by atoms with Gasteiger partial charge in [0.2, 0.25) is 0 Å². The summed E-state index contributed by atoms with van der Waals surface area (Å²) in [6, 6.07) is 8.93. The van der Waals surface area contributed by atoms with Gasteiger partial charge in [-0.3, -0.25) is 14.5 Å². The van der Waals surface area contributed by atoms with E-state index in [4.69, 9.17) is 16.3 Å². The molecule has 30 heavy (non-hydrogen) atoms. The van der Waals surface area contributed by atoms with Gasteiger partial charge in [0.1, 0.15) is 5.75 Å². The van der Waals surface area contributed by atoms with Crippen LogP contribution in [-0.4, -0.2) is 48.0 Å². The highest BCUT2D eigenvalue weighted by Crippen LogP contribution is 2.27. The third-order valence-electron chi connectivity index (χ3n) is 5.48. The molecule has 2 aromatic rings. The van der Waals surface area contributed by atoms with E-state index in [0.717, 1.165) is 31.6 Å². The molecule has 0 unspecified atom stereocenters. The second-order valence-electron chi connectivity index (χ2n) is 7.52. The average molecular weight is 433 g/mol. The third kappa shape index (κ3) is 5.55. The Labute approximate surface area is 182 Å². The van der Waals surface area contributed by atoms with Crippen LogP contribution >= 0.6 is 11.6 Å². The number of aromatic nitrogens is 1. The molecule has 2 amide bonds. The minimum atomic E-state index is -0.724. The molecule has 7 nitrogen and oxygen atoms in total. The second-order valence-corrected chi connectivity index (χ2v) is 7.93. The van der Waals surface area contributed by atoms with Crippen LogP contribution in [0.3, 0.4) is 0 Å². The monoisotopic (exact) mass is 432 g/mol. The molecular formula is C22H29ClN4O3. The van der Waals surface area contributed by atoms with Crippen molar-refractivity contribution in [3.8, 4) is 5.75 Å². The van der Waals surface area contributed by atoms with Crippen molar-refractivity contribution in [2.75, 3.05) is 32.1 Å². The maximum atomic E-state index is 12.5. The summed E-state index contributed by atoms with van der Waals surface area (Å²) in [7, 11) is 3.52. The highest BCUT2D eigenvalue weighted by atomic mass is 35.5. The lowest BCUT2D eigenvalue weighted by Crippen LogP contribution is -2.42. The van der Waals surface area contributed by atoms with Crippen LogP contribution < -0.4 is 15.4 Å². The van der Waals surface area contributed by atoms with E-state index in [0.29, 0.717) is 23.0 Å². The van der Waals surface area contributed by atoms with Crippen LogP contribution in [0.25, 0.3) is 0 Å². The number of halogens is 1. The van der Waals surface area contributed by atoms with Crippen LogP contribution in [0.5, 0.6) is 5.75 Å². The van der Waals surface area contributed by atoms with Gasteiger partial charge in [0.15, 0.2) is 0 Å². The zero-order chi connectivity index (χ0) is 21.5. The van der Waals surface area contributed by atoms with Gasteiger partial charge >= 0.3 is 11.8 Å². The van der Waals surface area contributed by atoms with E-state index in [2.05, 4.69) is 26.2 Å². The Hall–Kier alpha value is -2.51. The molecule has 162 valence electrons. The fraction of sp³-hybridized carbons (Fsp3) is 0.455. The van der Waals surface area contributed by atoms with Gasteiger partial charge in [0.25, 0.3) is 0 Å². The molecule has 2 N–H and O–H groups in total. The number of rotatable bonds is 6. The number of anilines is 1. The number of ether oxygens (including phenoxy) is 1. The van der Waals surface area contributed by atoms with E-state index >= 15 is 0 Å². The molecule has 2 heterocycles. The first-order chi connectivity index (χ1) is 14.5. The van der Waals surface area contributed by atoms with Gasteiger partial charge in [0.05, 0.1) is 18.2 Å². The first-order valence-corrected chi connectivity index (χ1v) is 10.7. The Balaban J connectivity index is 1.64. The Morgan fingerprint density at radius 1 is 1.13 bits per heavy atom. The van der Waals surface area contributed by atoms with E-state index in [1.54, 1.807) is 18.2 Å². The minimum absolute atomic E-state index is 0.0234. The predicted molar refractivity (Wildman–Crippen MR) is 118 cm³/mol. The number of likely N-dealkylation sites (tertiary alicyclic amines) is 1. The molecule has 1 atom stereocenters. The van der Waals surface area contributed by atoms with Gasteiger partial charge in [-0.05, 0) is 56.3 Å². The Bertz CT molecular complexity index is 875. The lowest BCUT2D eigenvalue weighted by atomic mass is 10.1. The smallest absolute Gasteiger partial charge is 0.313 e. The van der Waals surface area contributed by atoms with Crippen LogP contribution in [-0.2, 0) is 16.6 Å². The Morgan fingerprint density at radius 3 is 2.47 bits per heavy atom. The van der Waals surface area contributed by atoms with Crippen LogP contribution in [0.2, 0.25) is 5.02 Å². The van der Waals surface area contributed by atoms with Crippen LogP contribution in [0, 0.1) is 0 Å². The summed E-state index contributed by atoms with van der Waals surface area (Å²) in [6.45, 7) is 2.35. The number of hydrogen-bond donors (Lipinski definition) is 2. The average Bonchev–Trinajstić information content (AvgIpc) is 2.98. The number of hydrogen-bond acceptors (Lipinski definition) is 4. The van der Waals surface area contributed by atoms with E-state index in [1.165, 1.54) is 20.0 Å². The molecule has 0 aliphatic carbocycles. The quantitative estimate of drug-likeness (QED) is 0.686. The van der Waals surface area contributed by atoms with Crippen LogP contribution in [0.15, 0.2) is 36.5 Å². The molecule has 0 bridgehead atoms. The van der Waals surface area contributed by atoms with Crippen molar-refractivity contribution < 1.29 is 14.3 Å². The van der Waals surface area contributed by atoms with E-state index in [9.17, 15) is 9.59 Å². The molecule has 0 spiro atoms. The highest BCUT2D eigenvalue weighted by Gasteiger charge is 2.25. The van der Waals surface area contributed by atoms with Gasteiger partial charge in [0, 0.05) is 31.2 Å². The van der Waals surface area contributed by atoms with Crippen molar-refractivity contribution in [2.45, 2.75) is 31.7 Å². The van der Waals surface area contributed by atoms with Crippen molar-refractivity contribution >= 4 is 29.1 Å². The molecular weight excluding hydrogens is 404 g/mol. The maximum absolute atomic E-state index is 12.5. The summed E-state index contributed by atoms with van der Waals surface area (Å²) in [5, 5.41) is 5.75. The SMILES string of the molecule is COc1ccc(NC(=O)C(=O)NC[C@H](c2cccn2C)N2CCCCCC2)cc1Cl. The van der Waals surface area contributed by atoms with Crippen molar-refractivity contribution in [2.24, 2.45) is 7.05 Å². The van der Waals surface area contributed by atoms with Gasteiger partial charge in [-0.1, -0.05) is 24.4 Å². The molecule has 1 aromatic heterocycles. The van der Waals surface area contributed by atoms with E-state index < -0.39 is 11.8 Å². The summed E-state index contributed by atoms with van der Waals surface area (Å²) >= 11 is 6.08. The first kappa shape index (κ1) is 22.2. The predicted octanol–water partition coefficient (Wildman–Crippen LogP) is 3.36. The molecule has 1 saturated heterocycles. The fourth-order valence-electron chi connectivity index (χ4n) is 3.85. The topological polar surface area (TPSA) is 75.6 Å². The van der Waals surface area contributed by atoms with Crippen molar-refractivity contribution in [1.29, 1.82) is 0 Å². The van der Waals surface area contributed by atoms with Crippen molar-refractivity contribution in [1.82, 2.24) is 14.8 Å². The third-order valence-corrected chi connectivity index (χ3v) is 5.77. The normalized spacial score (nSPS) is 15.8. The zero-order valence-corrected chi connectivity index (χ0v) is 18.2. The largest absolute Gasteiger partial charge is 0.495 e. The summed E-state index contributed by atoms with van der Waals surface area (Å²) in [5.74, 6) is -0.893. The van der Waals surface area contributed by atoms with Crippen molar-refractivity contribution in [3.63, 3.8) is 0 Å². The highest BCUT2D eigenvalue weighted by molar-refractivity contribution is 6.40. The number of carbonyl (C=O) groups excluding carboxylic acids is 2. The van der Waals surface area contributed by atoms with Crippen LogP contribution in [0.4, 0.5) is 5.69 Å². The lowest BCUT2D eigenvalue weighted by molar-refractivity contribution is -0.136. The molecule has 1 aromatic carbocycles. The number of nitrogens with one attached hydrogen (secondary N) is 2. The number of nitrogens with zero attached hydrogens (tertiary/aromatic N) is 2. The first-order valence-electron chi connectivity index (χ1n) is 10.3. The molecule has 1 aliphatic heterocycles. The van der Waals surface area contributed by atoms with Gasteiger partial charge in [-0.15, -0.1) is 0 Å². The van der Waals surface area contributed by atoms with E-state index in [-0.39, 0.29) is 6.04 Å². The standard InChI is InChI=1S/C22H29ClN4O3/c1-26-11-7-8-18(26)19(27-12-5-3-4-6-13-27)15-24-21(28)22(29)25-16-9-10-20(30-2)17(23)14-16/h7-11,14,19H,3-6,12-13,15H2,1-2H3,(H,24,28)(H,25,29)/t19-/m1/s1. The molecule has 1 aliphatic rings. The molecule has 0 radical (unpaired) electrons. The summed E-state index contributed by atoms with van der Waals surface area (Å²) in [6.07, 6.45) is 6.76. The van der Waals surface area contributed by atoms with E-state index in [1.807, 2.05) is 19.3 Å².